The smallest absolute Gasteiger partial charge is 0.545 e. The minimum absolute atomic E-state index is 0. The minimum atomic E-state index is -1.13. The maximum absolute atomic E-state index is 10.7. The van der Waals surface area contributed by atoms with Crippen molar-refractivity contribution >= 4 is 35.0 Å². The SMILES string of the molecule is O=C([O-])C1=CC=CN2CC=CC=C12.O=C([O-])C1=CC=CN2CC=CC=C12.[Mg+2]. The van der Waals surface area contributed by atoms with E-state index in [-0.39, 0.29) is 34.2 Å². The van der Waals surface area contributed by atoms with Crippen molar-refractivity contribution in [3.05, 3.63) is 95.7 Å². The quantitative estimate of drug-likeness (QED) is 0.608. The van der Waals surface area contributed by atoms with Gasteiger partial charge in [0.05, 0.1) is 23.3 Å². The van der Waals surface area contributed by atoms with Crippen molar-refractivity contribution < 1.29 is 19.8 Å². The van der Waals surface area contributed by atoms with Gasteiger partial charge in [0.2, 0.25) is 0 Å². The second kappa shape index (κ2) is 9.25. The molecule has 4 heterocycles. The van der Waals surface area contributed by atoms with Crippen molar-refractivity contribution in [2.75, 3.05) is 13.1 Å². The van der Waals surface area contributed by atoms with Gasteiger partial charge in [0, 0.05) is 36.6 Å². The fraction of sp³-hybridized carbons (Fsp3) is 0.100. The van der Waals surface area contributed by atoms with Crippen LogP contribution in [0.3, 0.4) is 0 Å². The van der Waals surface area contributed by atoms with Crippen LogP contribution in [0.2, 0.25) is 0 Å². The number of carboxylic acid groups (broad SMARTS) is 2. The van der Waals surface area contributed by atoms with E-state index in [4.69, 9.17) is 0 Å². The van der Waals surface area contributed by atoms with Crippen molar-refractivity contribution in [1.29, 1.82) is 0 Å². The third-order valence-electron chi connectivity index (χ3n) is 4.05. The Morgan fingerprint density at radius 1 is 0.704 bits per heavy atom. The second-order valence-corrected chi connectivity index (χ2v) is 5.68. The van der Waals surface area contributed by atoms with Gasteiger partial charge < -0.3 is 29.6 Å². The van der Waals surface area contributed by atoms with E-state index < -0.39 is 11.9 Å². The molecule has 6 nitrogen and oxygen atoms in total. The molecule has 0 radical (unpaired) electrons. The maximum Gasteiger partial charge on any atom is 2.00 e. The molecule has 0 saturated carbocycles. The van der Waals surface area contributed by atoms with Gasteiger partial charge in [-0.25, -0.2) is 0 Å². The molecular weight excluding hydrogens is 357 g/mol. The first-order valence-corrected chi connectivity index (χ1v) is 8.05. The Bertz CT molecular complexity index is 800. The van der Waals surface area contributed by atoms with Crippen LogP contribution >= 0.6 is 0 Å². The Morgan fingerprint density at radius 2 is 1.11 bits per heavy atom. The zero-order valence-corrected chi connectivity index (χ0v) is 16.0. The van der Waals surface area contributed by atoms with Gasteiger partial charge in [0.15, 0.2) is 0 Å². The molecule has 0 bridgehead atoms. The molecule has 0 spiro atoms. The topological polar surface area (TPSA) is 86.7 Å². The van der Waals surface area contributed by atoms with Crippen molar-refractivity contribution in [2.24, 2.45) is 0 Å². The molecule has 132 valence electrons. The molecule has 4 aliphatic heterocycles. The van der Waals surface area contributed by atoms with Crippen LogP contribution in [0, 0.1) is 0 Å². The maximum atomic E-state index is 10.7. The molecule has 0 saturated heterocycles. The summed E-state index contributed by atoms with van der Waals surface area (Å²) >= 11 is 0. The first-order valence-electron chi connectivity index (χ1n) is 8.05. The second-order valence-electron chi connectivity index (χ2n) is 5.68. The van der Waals surface area contributed by atoms with E-state index in [2.05, 4.69) is 0 Å². The number of nitrogens with zero attached hydrogens (tertiary/aromatic N) is 2. The van der Waals surface area contributed by atoms with Crippen LogP contribution in [0.25, 0.3) is 0 Å². The van der Waals surface area contributed by atoms with E-state index in [0.29, 0.717) is 24.5 Å². The summed E-state index contributed by atoms with van der Waals surface area (Å²) in [4.78, 5) is 25.1. The molecular formula is C20H16MgN2O4. The number of carboxylic acids is 2. The summed E-state index contributed by atoms with van der Waals surface area (Å²) in [5, 5.41) is 21.4. The van der Waals surface area contributed by atoms with Gasteiger partial charge in [-0.15, -0.1) is 0 Å². The van der Waals surface area contributed by atoms with Gasteiger partial charge in [-0.1, -0.05) is 24.3 Å². The van der Waals surface area contributed by atoms with E-state index in [9.17, 15) is 19.8 Å². The number of fused-ring (bicyclic) bond motifs is 2. The van der Waals surface area contributed by atoms with Gasteiger partial charge in [-0.05, 0) is 36.5 Å². The van der Waals surface area contributed by atoms with Crippen LogP contribution in [0.15, 0.2) is 95.7 Å². The predicted molar refractivity (Wildman–Crippen MR) is 98.1 cm³/mol. The number of allylic oxidation sites excluding steroid dienone is 8. The van der Waals surface area contributed by atoms with Crippen LogP contribution < -0.4 is 10.2 Å². The van der Waals surface area contributed by atoms with Gasteiger partial charge in [0.1, 0.15) is 0 Å². The Labute approximate surface area is 173 Å². The molecule has 4 aliphatic rings. The van der Waals surface area contributed by atoms with Crippen molar-refractivity contribution in [1.82, 2.24) is 9.80 Å². The molecule has 0 aromatic rings. The number of aliphatic carboxylic acids is 2. The summed E-state index contributed by atoms with van der Waals surface area (Å²) in [6.07, 6.45) is 21.4. The zero-order chi connectivity index (χ0) is 18.5. The number of rotatable bonds is 2. The van der Waals surface area contributed by atoms with Crippen LogP contribution in [-0.2, 0) is 9.59 Å². The normalized spacial score (nSPS) is 18.5. The predicted octanol–water partition coefficient (Wildman–Crippen LogP) is -0.489. The molecule has 27 heavy (non-hydrogen) atoms. The summed E-state index contributed by atoms with van der Waals surface area (Å²) in [5.41, 5.74) is 1.88. The number of carbonyl (C=O) groups excluding carboxylic acids is 2. The van der Waals surface area contributed by atoms with E-state index in [1.165, 1.54) is 0 Å². The molecule has 0 aromatic heterocycles. The largest absolute Gasteiger partial charge is 2.00 e. The van der Waals surface area contributed by atoms with Crippen LogP contribution in [0.1, 0.15) is 0 Å². The molecule has 0 amide bonds. The molecule has 7 heteroatoms. The van der Waals surface area contributed by atoms with E-state index in [0.717, 1.165) is 0 Å². The number of hydrogen-bond donors (Lipinski definition) is 0. The Morgan fingerprint density at radius 3 is 1.48 bits per heavy atom. The van der Waals surface area contributed by atoms with Crippen LogP contribution in [0.5, 0.6) is 0 Å². The zero-order valence-electron chi connectivity index (χ0n) is 14.6. The number of hydrogen-bond acceptors (Lipinski definition) is 6. The summed E-state index contributed by atoms with van der Waals surface area (Å²) in [5.74, 6) is -2.26. The average molecular weight is 373 g/mol. The van der Waals surface area contributed by atoms with Crippen molar-refractivity contribution in [3.8, 4) is 0 Å². The van der Waals surface area contributed by atoms with E-state index >= 15 is 0 Å². The van der Waals surface area contributed by atoms with Gasteiger partial charge in [-0.3, -0.25) is 0 Å². The van der Waals surface area contributed by atoms with E-state index in [1.54, 1.807) is 36.5 Å². The minimum Gasteiger partial charge on any atom is -0.545 e. The molecule has 0 unspecified atom stereocenters. The molecule has 4 rings (SSSR count). The average Bonchev–Trinajstić information content (AvgIpc) is 2.67. The first kappa shape index (κ1) is 20.5. The fourth-order valence-corrected chi connectivity index (χ4v) is 2.83. The fourth-order valence-electron chi connectivity index (χ4n) is 2.83. The van der Waals surface area contributed by atoms with E-state index in [1.807, 2.05) is 46.5 Å². The Balaban J connectivity index is 0.000000187. The molecule has 0 aromatic carbocycles. The monoisotopic (exact) mass is 372 g/mol. The standard InChI is InChI=1S/2C10H9NO2.Mg/c2*12-10(13)8-4-3-7-11-6-2-1-5-9(8)11;/h2*1-5,7H,6H2,(H,12,13);/q;;+2/p-2. The summed E-state index contributed by atoms with van der Waals surface area (Å²) in [7, 11) is 0. The van der Waals surface area contributed by atoms with Crippen LogP contribution in [-0.4, -0.2) is 57.9 Å². The summed E-state index contributed by atoms with van der Waals surface area (Å²) in [6.45, 7) is 1.43. The van der Waals surface area contributed by atoms with Crippen molar-refractivity contribution in [2.45, 2.75) is 0 Å². The first-order chi connectivity index (χ1) is 12.6. The number of carbonyl (C=O) groups is 2. The molecule has 0 aliphatic carbocycles. The molecule has 0 fully saturated rings. The molecule has 0 N–H and O–H groups in total. The van der Waals surface area contributed by atoms with Gasteiger partial charge in [0.25, 0.3) is 0 Å². The Kier molecular flexibility index (Phi) is 7.03. The van der Waals surface area contributed by atoms with Crippen molar-refractivity contribution in [3.63, 3.8) is 0 Å². The third kappa shape index (κ3) is 4.69. The summed E-state index contributed by atoms with van der Waals surface area (Å²) < 4.78 is 0. The summed E-state index contributed by atoms with van der Waals surface area (Å²) in [6, 6.07) is 0. The van der Waals surface area contributed by atoms with Crippen LogP contribution in [0.4, 0.5) is 0 Å². The van der Waals surface area contributed by atoms with Gasteiger partial charge in [-0.2, -0.15) is 0 Å². The molecule has 0 atom stereocenters. The third-order valence-corrected chi connectivity index (χ3v) is 4.05. The van der Waals surface area contributed by atoms with Gasteiger partial charge >= 0.3 is 23.1 Å². The Hall–Kier alpha value is -2.77.